The highest BCUT2D eigenvalue weighted by Gasteiger charge is 2.22. The van der Waals surface area contributed by atoms with Crippen molar-refractivity contribution in [3.05, 3.63) is 0 Å². The van der Waals surface area contributed by atoms with Gasteiger partial charge in [-0.2, -0.15) is 0 Å². The lowest BCUT2D eigenvalue weighted by Crippen LogP contribution is -2.49. The Morgan fingerprint density at radius 1 is 1.15 bits per heavy atom. The molecule has 0 aliphatic carbocycles. The van der Waals surface area contributed by atoms with Crippen molar-refractivity contribution >= 4 is 35.0 Å². The maximum atomic E-state index is 11.0. The lowest BCUT2D eigenvalue weighted by molar-refractivity contribution is -0.130. The highest BCUT2D eigenvalue weighted by atomic mass is 127. The Labute approximate surface area is 90.7 Å². The van der Waals surface area contributed by atoms with Crippen molar-refractivity contribution in [3.63, 3.8) is 0 Å². The fraction of sp³-hybridized carbons (Fsp3) is 0.714. The Balaban J connectivity index is 2.39. The van der Waals surface area contributed by atoms with E-state index in [1.807, 2.05) is 0 Å². The van der Waals surface area contributed by atoms with E-state index in [-0.39, 0.29) is 12.0 Å². The molecule has 1 saturated heterocycles. The summed E-state index contributed by atoms with van der Waals surface area (Å²) in [4.78, 5) is 25.3. The van der Waals surface area contributed by atoms with Crippen LogP contribution < -0.4 is 0 Å². The molecule has 0 aromatic rings. The molecule has 0 unspecified atom stereocenters. The number of amides is 2. The standard InChI is InChI=1S/C7H11IN2O3/c1-6(11)9-2-4-10(5-3-9)7(12)13-8/h2-5H2,1H3. The Morgan fingerprint density at radius 2 is 1.62 bits per heavy atom. The molecule has 1 heterocycles. The van der Waals surface area contributed by atoms with Gasteiger partial charge in [-0.3, -0.25) is 4.79 Å². The fourth-order valence-corrected chi connectivity index (χ4v) is 1.53. The minimum atomic E-state index is -0.330. The minimum absolute atomic E-state index is 0.0579. The molecule has 0 saturated carbocycles. The van der Waals surface area contributed by atoms with Crippen LogP contribution in [0.25, 0.3) is 0 Å². The van der Waals surface area contributed by atoms with Gasteiger partial charge in [0.1, 0.15) is 0 Å². The van der Waals surface area contributed by atoms with Crippen LogP contribution in [0.1, 0.15) is 6.92 Å². The zero-order chi connectivity index (χ0) is 9.84. The first-order chi connectivity index (χ1) is 6.15. The summed E-state index contributed by atoms with van der Waals surface area (Å²) in [5.74, 6) is 0.0579. The molecular formula is C7H11IN2O3. The van der Waals surface area contributed by atoms with Gasteiger partial charge in [-0.1, -0.05) is 0 Å². The van der Waals surface area contributed by atoms with Gasteiger partial charge in [-0.05, 0) is 0 Å². The van der Waals surface area contributed by atoms with Crippen molar-refractivity contribution in [3.8, 4) is 0 Å². The van der Waals surface area contributed by atoms with E-state index in [9.17, 15) is 9.59 Å². The number of hydrogen-bond acceptors (Lipinski definition) is 3. The molecule has 0 spiro atoms. The van der Waals surface area contributed by atoms with E-state index in [1.165, 1.54) is 6.92 Å². The quantitative estimate of drug-likeness (QED) is 0.617. The van der Waals surface area contributed by atoms with E-state index in [0.29, 0.717) is 26.2 Å². The van der Waals surface area contributed by atoms with Crippen molar-refractivity contribution in [1.82, 2.24) is 9.80 Å². The topological polar surface area (TPSA) is 49.9 Å². The van der Waals surface area contributed by atoms with Crippen LogP contribution in [0.3, 0.4) is 0 Å². The van der Waals surface area contributed by atoms with Crippen molar-refractivity contribution < 1.29 is 12.7 Å². The molecule has 1 fully saturated rings. The first kappa shape index (κ1) is 10.6. The maximum absolute atomic E-state index is 11.0. The summed E-state index contributed by atoms with van der Waals surface area (Å²) in [7, 11) is 0. The van der Waals surface area contributed by atoms with Gasteiger partial charge < -0.3 is 12.9 Å². The van der Waals surface area contributed by atoms with Gasteiger partial charge in [0, 0.05) is 33.1 Å². The van der Waals surface area contributed by atoms with Gasteiger partial charge in [0.15, 0.2) is 23.0 Å². The van der Waals surface area contributed by atoms with Crippen molar-refractivity contribution in [2.45, 2.75) is 6.92 Å². The highest BCUT2D eigenvalue weighted by Crippen LogP contribution is 2.05. The second-order valence-electron chi connectivity index (χ2n) is 2.84. The van der Waals surface area contributed by atoms with E-state index in [1.54, 1.807) is 32.8 Å². The minimum Gasteiger partial charge on any atom is -0.378 e. The third-order valence-corrected chi connectivity index (χ3v) is 2.43. The Morgan fingerprint density at radius 3 is 2.00 bits per heavy atom. The van der Waals surface area contributed by atoms with E-state index < -0.39 is 0 Å². The summed E-state index contributed by atoms with van der Waals surface area (Å²) in [5.41, 5.74) is 0. The number of halogens is 1. The van der Waals surface area contributed by atoms with Crippen LogP contribution >= 0.6 is 23.0 Å². The second kappa shape index (κ2) is 4.64. The van der Waals surface area contributed by atoms with Crippen LogP contribution in [0.2, 0.25) is 0 Å². The SMILES string of the molecule is CC(=O)N1CCN(C(=O)OI)CC1. The second-order valence-corrected chi connectivity index (χ2v) is 3.28. The summed E-state index contributed by atoms with van der Waals surface area (Å²) in [6.45, 7) is 3.84. The third kappa shape index (κ3) is 2.71. The first-order valence-corrected chi connectivity index (χ1v) is 4.86. The van der Waals surface area contributed by atoms with Crippen LogP contribution in [-0.4, -0.2) is 48.0 Å². The van der Waals surface area contributed by atoms with E-state index >= 15 is 0 Å². The molecule has 0 aromatic carbocycles. The van der Waals surface area contributed by atoms with Crippen molar-refractivity contribution in [1.29, 1.82) is 0 Å². The zero-order valence-electron chi connectivity index (χ0n) is 7.33. The molecule has 1 aliphatic rings. The fourth-order valence-electron chi connectivity index (χ4n) is 1.25. The zero-order valence-corrected chi connectivity index (χ0v) is 9.48. The Bertz CT molecular complexity index is 214. The van der Waals surface area contributed by atoms with E-state index in [2.05, 4.69) is 3.07 Å². The summed E-state index contributed by atoms with van der Waals surface area (Å²) in [5, 5.41) is 0. The molecule has 74 valence electrons. The molecule has 1 aliphatic heterocycles. The van der Waals surface area contributed by atoms with Crippen LogP contribution in [0, 0.1) is 0 Å². The number of hydrogen-bond donors (Lipinski definition) is 0. The lowest BCUT2D eigenvalue weighted by Gasteiger charge is -2.32. The molecule has 1 rings (SSSR count). The monoisotopic (exact) mass is 298 g/mol. The van der Waals surface area contributed by atoms with Gasteiger partial charge in [-0.15, -0.1) is 0 Å². The molecular weight excluding hydrogens is 287 g/mol. The van der Waals surface area contributed by atoms with E-state index in [0.717, 1.165) is 0 Å². The molecule has 2 amide bonds. The average molecular weight is 298 g/mol. The average Bonchev–Trinajstić information content (AvgIpc) is 2.17. The number of piperazine rings is 1. The largest absolute Gasteiger partial charge is 0.419 e. The Hall–Kier alpha value is -0.530. The summed E-state index contributed by atoms with van der Waals surface area (Å²) >= 11 is 1.56. The van der Waals surface area contributed by atoms with Crippen molar-refractivity contribution in [2.75, 3.05) is 26.2 Å². The molecule has 6 heteroatoms. The van der Waals surface area contributed by atoms with Gasteiger partial charge in [0.2, 0.25) is 5.91 Å². The number of nitrogens with zero attached hydrogens (tertiary/aromatic N) is 2. The molecule has 0 bridgehead atoms. The molecule has 0 N–H and O–H groups in total. The van der Waals surface area contributed by atoms with Crippen LogP contribution in [0.15, 0.2) is 0 Å². The van der Waals surface area contributed by atoms with Gasteiger partial charge in [0.25, 0.3) is 0 Å². The predicted octanol–water partition coefficient (Wildman–Crippen LogP) is 0.637. The predicted molar refractivity (Wildman–Crippen MR) is 54.3 cm³/mol. The summed E-state index contributed by atoms with van der Waals surface area (Å²) < 4.78 is 4.54. The molecule has 0 radical (unpaired) electrons. The first-order valence-electron chi connectivity index (χ1n) is 3.98. The van der Waals surface area contributed by atoms with Crippen LogP contribution in [0.5, 0.6) is 0 Å². The third-order valence-electron chi connectivity index (χ3n) is 2.05. The van der Waals surface area contributed by atoms with Gasteiger partial charge in [0.05, 0.1) is 0 Å². The maximum Gasteiger partial charge on any atom is 0.419 e. The molecule has 0 atom stereocenters. The number of rotatable bonds is 0. The van der Waals surface area contributed by atoms with E-state index in [4.69, 9.17) is 0 Å². The number of carbonyl (C=O) groups excluding carboxylic acids is 2. The Kier molecular flexibility index (Phi) is 3.76. The molecule has 5 nitrogen and oxygen atoms in total. The van der Waals surface area contributed by atoms with Crippen molar-refractivity contribution in [2.24, 2.45) is 0 Å². The van der Waals surface area contributed by atoms with Crippen LogP contribution in [0.4, 0.5) is 4.79 Å². The van der Waals surface area contributed by atoms with Gasteiger partial charge >= 0.3 is 6.09 Å². The lowest BCUT2D eigenvalue weighted by atomic mass is 10.3. The molecule has 13 heavy (non-hydrogen) atoms. The highest BCUT2D eigenvalue weighted by molar-refractivity contribution is 14.1. The summed E-state index contributed by atoms with van der Waals surface area (Å²) in [6, 6.07) is 0. The molecule has 0 aromatic heterocycles. The normalized spacial score (nSPS) is 17.1. The smallest absolute Gasteiger partial charge is 0.378 e. The number of carbonyl (C=O) groups is 2. The van der Waals surface area contributed by atoms with Crippen LogP contribution in [-0.2, 0) is 7.86 Å². The van der Waals surface area contributed by atoms with Gasteiger partial charge in [-0.25, -0.2) is 4.79 Å². The summed E-state index contributed by atoms with van der Waals surface area (Å²) in [6.07, 6.45) is -0.330.